The molecule has 0 radical (unpaired) electrons. The van der Waals surface area contributed by atoms with Crippen molar-refractivity contribution in [3.8, 4) is 11.5 Å². The normalized spacial score (nSPS) is 20.1. The summed E-state index contributed by atoms with van der Waals surface area (Å²) < 4.78 is 12.6. The molecule has 6 rings (SSSR count). The summed E-state index contributed by atoms with van der Waals surface area (Å²) >= 11 is 1.18. The van der Waals surface area contributed by atoms with Crippen LogP contribution in [0.2, 0.25) is 0 Å². The lowest BCUT2D eigenvalue weighted by molar-refractivity contribution is -0.568. The Kier molecular flexibility index (Phi) is 6.43. The van der Waals surface area contributed by atoms with Crippen LogP contribution in [-0.4, -0.2) is 35.7 Å². The third-order valence-electron chi connectivity index (χ3n) is 6.79. The van der Waals surface area contributed by atoms with Gasteiger partial charge < -0.3 is 9.47 Å². The highest BCUT2D eigenvalue weighted by molar-refractivity contribution is 8.18. The van der Waals surface area contributed by atoms with Gasteiger partial charge in [-0.15, -0.1) is 4.68 Å². The Morgan fingerprint density at radius 1 is 0.895 bits per heavy atom. The number of hydrazone groups is 1. The Labute approximate surface area is 225 Å². The third kappa shape index (κ3) is 4.68. The molecule has 2 heterocycles. The molecule has 6 nitrogen and oxygen atoms in total. The van der Waals surface area contributed by atoms with E-state index in [1.807, 2.05) is 59.3 Å². The standard InChI is InChI=1S/C31H25N3O3S/c1-36-25-13-7-20(8-14-25)17-29-30(32-31(35)38-29)34-28(22-11-15-26(37-2)16-12-22)19-27(33-34)24-10-9-21-5-3-4-6-23(21)18-24/h3-18,28H,19H2,1-2H3/p+1/b29-17-/t28-/m0/s1. The summed E-state index contributed by atoms with van der Waals surface area (Å²) in [5.74, 6) is 2.27. The molecule has 0 unspecified atom stereocenters. The fraction of sp³-hybridized carbons (Fsp3) is 0.129. The zero-order valence-corrected chi connectivity index (χ0v) is 21.9. The highest BCUT2D eigenvalue weighted by Gasteiger charge is 2.40. The molecule has 0 spiro atoms. The largest absolute Gasteiger partial charge is 0.497 e. The van der Waals surface area contributed by atoms with Crippen LogP contribution >= 0.6 is 11.8 Å². The molecule has 188 valence electrons. The van der Waals surface area contributed by atoms with Gasteiger partial charge in [-0.2, -0.15) is 5.32 Å². The lowest BCUT2D eigenvalue weighted by Crippen LogP contribution is -2.29. The second kappa shape index (κ2) is 10.2. The zero-order valence-electron chi connectivity index (χ0n) is 21.0. The molecule has 1 saturated heterocycles. The lowest BCUT2D eigenvalue weighted by Gasteiger charge is -2.11. The minimum Gasteiger partial charge on any atom is -0.497 e. The Morgan fingerprint density at radius 2 is 1.58 bits per heavy atom. The van der Waals surface area contributed by atoms with E-state index in [1.54, 1.807) is 14.2 Å². The van der Waals surface area contributed by atoms with Gasteiger partial charge in [0.2, 0.25) is 0 Å². The first-order chi connectivity index (χ1) is 18.6. The van der Waals surface area contributed by atoms with Crippen molar-refractivity contribution >= 4 is 45.4 Å². The highest BCUT2D eigenvalue weighted by atomic mass is 32.2. The number of thioether (sulfide) groups is 1. The number of amidine groups is 1. The van der Waals surface area contributed by atoms with Gasteiger partial charge in [-0.05, 0) is 58.3 Å². The molecule has 0 bridgehead atoms. The molecule has 1 fully saturated rings. The molecular formula is C31H26N3O3S+. The molecule has 1 N–H and O–H groups in total. The van der Waals surface area contributed by atoms with Crippen molar-refractivity contribution in [2.24, 2.45) is 5.10 Å². The molecule has 2 aliphatic heterocycles. The van der Waals surface area contributed by atoms with Gasteiger partial charge in [-0.25, -0.2) is 4.79 Å². The van der Waals surface area contributed by atoms with Gasteiger partial charge in [0.1, 0.15) is 16.4 Å². The number of rotatable bonds is 5. The number of nitrogens with one attached hydrogen (secondary N) is 1. The van der Waals surface area contributed by atoms with Gasteiger partial charge in [0.15, 0.2) is 6.04 Å². The molecule has 0 saturated carbocycles. The number of fused-ring (bicyclic) bond motifs is 1. The average Bonchev–Trinajstić information content (AvgIpc) is 3.56. The fourth-order valence-corrected chi connectivity index (χ4v) is 5.58. The van der Waals surface area contributed by atoms with Crippen LogP contribution in [0.15, 0.2) is 101 Å². The quantitative estimate of drug-likeness (QED) is 0.301. The van der Waals surface area contributed by atoms with E-state index in [-0.39, 0.29) is 11.3 Å². The van der Waals surface area contributed by atoms with E-state index < -0.39 is 0 Å². The number of benzene rings is 4. The Morgan fingerprint density at radius 3 is 2.29 bits per heavy atom. The molecule has 1 amide bonds. The van der Waals surface area contributed by atoms with Crippen LogP contribution in [0.3, 0.4) is 0 Å². The van der Waals surface area contributed by atoms with Crippen LogP contribution in [0.5, 0.6) is 11.5 Å². The number of ether oxygens (including phenoxy) is 2. The first kappa shape index (κ1) is 24.0. The number of methoxy groups -OCH3 is 2. The van der Waals surface area contributed by atoms with Crippen molar-refractivity contribution in [2.45, 2.75) is 12.5 Å². The summed E-state index contributed by atoms with van der Waals surface area (Å²) in [6.45, 7) is 0. The maximum Gasteiger partial charge on any atom is 0.372 e. The molecule has 1 atom stereocenters. The maximum absolute atomic E-state index is 12.6. The van der Waals surface area contributed by atoms with E-state index >= 15 is 0 Å². The van der Waals surface area contributed by atoms with Crippen molar-refractivity contribution in [3.63, 3.8) is 0 Å². The summed E-state index contributed by atoms with van der Waals surface area (Å²) in [7, 11) is 3.31. The smallest absolute Gasteiger partial charge is 0.372 e. The van der Waals surface area contributed by atoms with Crippen LogP contribution in [-0.2, 0) is 0 Å². The van der Waals surface area contributed by atoms with Gasteiger partial charge >= 0.3 is 11.1 Å². The molecule has 7 heteroatoms. The van der Waals surface area contributed by atoms with Crippen LogP contribution in [0.4, 0.5) is 4.79 Å². The fourth-order valence-electron chi connectivity index (χ4n) is 4.80. The predicted octanol–water partition coefficient (Wildman–Crippen LogP) is 6.61. The second-order valence-corrected chi connectivity index (χ2v) is 10.1. The van der Waals surface area contributed by atoms with Gasteiger partial charge in [-0.1, -0.05) is 65.8 Å². The zero-order chi connectivity index (χ0) is 26.1. The summed E-state index contributed by atoms with van der Waals surface area (Å²) in [4.78, 5) is 13.4. The van der Waals surface area contributed by atoms with Gasteiger partial charge in [0.25, 0.3) is 0 Å². The van der Waals surface area contributed by atoms with Gasteiger partial charge in [0.05, 0.1) is 19.9 Å². The maximum atomic E-state index is 12.6. The number of carbonyl (C=O) groups is 1. The van der Waals surface area contributed by atoms with Crippen molar-refractivity contribution in [1.29, 1.82) is 0 Å². The number of carbonyl (C=O) groups excluding carboxylic acids is 1. The Bertz CT molecular complexity index is 1620. The van der Waals surface area contributed by atoms with Crippen LogP contribution in [0.1, 0.15) is 29.2 Å². The lowest BCUT2D eigenvalue weighted by atomic mass is 9.97. The van der Waals surface area contributed by atoms with E-state index in [2.05, 4.69) is 47.8 Å². The molecular weight excluding hydrogens is 494 g/mol. The molecule has 4 aromatic rings. The predicted molar refractivity (Wildman–Crippen MR) is 153 cm³/mol. The minimum atomic E-state index is -0.123. The Balaban J connectivity index is 1.47. The van der Waals surface area contributed by atoms with Gasteiger partial charge in [0, 0.05) is 23.7 Å². The van der Waals surface area contributed by atoms with E-state index in [1.165, 1.54) is 22.5 Å². The van der Waals surface area contributed by atoms with Gasteiger partial charge in [-0.3, -0.25) is 0 Å². The highest BCUT2D eigenvalue weighted by Crippen LogP contribution is 2.35. The van der Waals surface area contributed by atoms with E-state index in [0.29, 0.717) is 12.3 Å². The summed E-state index contributed by atoms with van der Waals surface area (Å²) in [6.07, 6.45) is 2.70. The number of amides is 1. The molecule has 38 heavy (non-hydrogen) atoms. The summed E-state index contributed by atoms with van der Waals surface area (Å²) in [5, 5.41) is 10.4. The van der Waals surface area contributed by atoms with Crippen molar-refractivity contribution in [2.75, 3.05) is 14.2 Å². The second-order valence-electron chi connectivity index (χ2n) is 9.09. The minimum absolute atomic E-state index is 0.0874. The van der Waals surface area contributed by atoms with Crippen LogP contribution in [0.25, 0.3) is 16.8 Å². The third-order valence-corrected chi connectivity index (χ3v) is 7.61. The summed E-state index contributed by atoms with van der Waals surface area (Å²) in [5.41, 5.74) is 4.11. The number of hydrogen-bond donors (Lipinski definition) is 1. The SMILES string of the molecule is COc1ccc(/C=C2\SC(=O)N\C2=[N+]2/N=C(c3ccc4ccccc4c3)C[C@H]2c2ccc(OC)cc2)cc1. The summed E-state index contributed by atoms with van der Waals surface area (Å²) in [6, 6.07) is 30.5. The van der Waals surface area contributed by atoms with Crippen molar-refractivity contribution in [1.82, 2.24) is 5.32 Å². The Hall–Kier alpha value is -4.36. The molecule has 4 aromatic carbocycles. The molecule has 0 aliphatic carbocycles. The van der Waals surface area contributed by atoms with E-state index in [9.17, 15) is 4.79 Å². The first-order valence-electron chi connectivity index (χ1n) is 12.3. The van der Waals surface area contributed by atoms with E-state index in [0.717, 1.165) is 38.8 Å². The average molecular weight is 521 g/mol. The molecule has 2 aliphatic rings. The van der Waals surface area contributed by atoms with Crippen LogP contribution < -0.4 is 14.8 Å². The number of nitrogens with zero attached hydrogens (tertiary/aromatic N) is 2. The van der Waals surface area contributed by atoms with Crippen molar-refractivity contribution in [3.05, 3.63) is 113 Å². The number of hydrogen-bond acceptors (Lipinski definition) is 5. The van der Waals surface area contributed by atoms with E-state index in [4.69, 9.17) is 14.6 Å². The van der Waals surface area contributed by atoms with Crippen molar-refractivity contribution < 1.29 is 19.0 Å². The monoisotopic (exact) mass is 520 g/mol. The molecule has 0 aromatic heterocycles. The first-order valence-corrected chi connectivity index (χ1v) is 13.1. The van der Waals surface area contributed by atoms with Crippen LogP contribution in [0, 0.1) is 0 Å². The topological polar surface area (TPSA) is 62.9 Å².